The molecule has 0 aliphatic heterocycles. The predicted molar refractivity (Wildman–Crippen MR) is 140 cm³/mol. The maximum absolute atomic E-state index is 15.4. The van der Waals surface area contributed by atoms with Crippen LogP contribution < -0.4 is 5.30 Å². The number of nitrogens with zero attached hydrogens (tertiary/aromatic N) is 6. The summed E-state index contributed by atoms with van der Waals surface area (Å²) in [6.45, 7) is 0. The van der Waals surface area contributed by atoms with E-state index >= 15 is 26.3 Å². The van der Waals surface area contributed by atoms with Crippen molar-refractivity contribution in [3.63, 3.8) is 0 Å². The van der Waals surface area contributed by atoms with Gasteiger partial charge >= 0.3 is 0 Å². The number of benzene rings is 3. The first-order valence-electron chi connectivity index (χ1n) is 12.0. The van der Waals surface area contributed by atoms with E-state index in [1.807, 2.05) is 0 Å². The molecule has 1 fully saturated rings. The average Bonchev–Trinajstić information content (AvgIpc) is 3.78. The van der Waals surface area contributed by atoms with E-state index in [0.29, 0.717) is 0 Å². The fourth-order valence-electron chi connectivity index (χ4n) is 4.55. The Hall–Kier alpha value is -6.52. The van der Waals surface area contributed by atoms with Crippen LogP contribution in [-0.4, -0.2) is 0 Å². The summed E-state index contributed by atoms with van der Waals surface area (Å²) in [5, 5.41) is 55.4. The van der Waals surface area contributed by atoms with Crippen molar-refractivity contribution in [3.05, 3.63) is 114 Å². The van der Waals surface area contributed by atoms with Crippen LogP contribution in [0, 0.1) is 132 Å². The topological polar surface area (TPSA) is 143 Å². The van der Waals surface area contributed by atoms with E-state index in [-0.39, 0.29) is 0 Å². The van der Waals surface area contributed by atoms with Crippen molar-refractivity contribution in [1.29, 1.82) is 31.6 Å². The van der Waals surface area contributed by atoms with Crippen molar-refractivity contribution >= 4 is 31.3 Å². The minimum atomic E-state index is -2.47. The minimum Gasteiger partial charge on any atom is -0.205 e. The van der Waals surface area contributed by atoms with E-state index in [9.17, 15) is 37.7 Å². The summed E-state index contributed by atoms with van der Waals surface area (Å²) in [6.07, 6.45) is 0. The van der Waals surface area contributed by atoms with Crippen LogP contribution in [-0.2, 0) is 0 Å². The molecule has 4 rings (SSSR count). The molecule has 1 aliphatic rings. The molecule has 6 nitrogen and oxygen atoms in total. The number of hydrogen-bond acceptors (Lipinski definition) is 6. The van der Waals surface area contributed by atoms with Crippen molar-refractivity contribution in [1.82, 2.24) is 0 Å². The zero-order valence-electron chi connectivity index (χ0n) is 22.4. The average molecular weight is 686 g/mol. The fraction of sp³-hybridized carbons (Fsp3) is 0. The Morgan fingerprint density at radius 2 is 0.583 bits per heavy atom. The van der Waals surface area contributed by atoms with Gasteiger partial charge in [-0.1, -0.05) is 0 Å². The number of allylic oxidation sites excluding steroid dienone is 6. The Kier molecular flexibility index (Phi) is 8.84. The van der Waals surface area contributed by atoms with Gasteiger partial charge in [-0.05, 0) is 0 Å². The smallest absolute Gasteiger partial charge is 0.180 e. The molecule has 0 spiro atoms. The van der Waals surface area contributed by atoms with E-state index in [0.717, 1.165) is 36.4 Å². The van der Waals surface area contributed by atoms with Crippen LogP contribution in [0.1, 0.15) is 33.4 Å². The number of rotatable bonds is 3. The maximum Gasteiger partial charge on any atom is 0.180 e. The van der Waals surface area contributed by atoms with Crippen molar-refractivity contribution in [3.8, 4) is 36.4 Å². The van der Waals surface area contributed by atoms with E-state index in [2.05, 4.69) is 0 Å². The Bertz CT molecular complexity index is 2070. The molecule has 0 aromatic heterocycles. The van der Waals surface area contributed by atoms with Crippen molar-refractivity contribution in [2.24, 2.45) is 0 Å². The lowest BCUT2D eigenvalue weighted by atomic mass is 9.99. The third kappa shape index (κ3) is 4.70. The van der Waals surface area contributed by atoms with Gasteiger partial charge in [-0.25, -0.2) is 48.3 Å². The van der Waals surface area contributed by atoms with E-state index in [1.54, 1.807) is 0 Å². The third-order valence-corrected chi connectivity index (χ3v) is 7.28. The Morgan fingerprint density at radius 1 is 0.354 bits per heavy atom. The lowest BCUT2D eigenvalue weighted by molar-refractivity contribution is 0.446. The first-order chi connectivity index (χ1) is 22.6. The van der Waals surface area contributed by atoms with Crippen LogP contribution in [0.3, 0.4) is 0 Å². The summed E-state index contributed by atoms with van der Waals surface area (Å²) >= 11 is 0. The highest BCUT2D eigenvalue weighted by Crippen LogP contribution is 2.57. The van der Waals surface area contributed by atoms with Crippen molar-refractivity contribution in [2.45, 2.75) is 0 Å². The first kappa shape index (κ1) is 34.4. The van der Waals surface area contributed by atoms with Gasteiger partial charge in [0.05, 0.1) is 33.4 Å². The van der Waals surface area contributed by atoms with Crippen LogP contribution in [0.4, 0.5) is 48.3 Å². The molecular formula is C30H2F11N6P. The quantitative estimate of drug-likeness (QED) is 0.132. The number of nitriles is 6. The lowest BCUT2D eigenvalue weighted by Gasteiger charge is -2.09. The molecule has 1 aliphatic carbocycles. The van der Waals surface area contributed by atoms with Gasteiger partial charge in [-0.2, -0.15) is 31.6 Å². The summed E-state index contributed by atoms with van der Waals surface area (Å²) in [6, 6.07) is 5.88. The SMILES string of the molecule is N#CC(=C1C(=C(C#N)c2c(F)c(F)c(C#N)c(F)c2F)C1=C(C#N)c1c(F)c(F)c(C#N)c(P)c1F)c1c(F)c(F)c(C#N)c(F)c1F. The first-order valence-corrected chi connectivity index (χ1v) is 12.5. The predicted octanol–water partition coefficient (Wildman–Crippen LogP) is 6.58. The molecule has 0 N–H and O–H groups in total. The van der Waals surface area contributed by atoms with Gasteiger partial charge in [0.2, 0.25) is 0 Å². The van der Waals surface area contributed by atoms with Crippen LogP contribution in [0.2, 0.25) is 0 Å². The second-order valence-corrected chi connectivity index (χ2v) is 9.62. The molecule has 48 heavy (non-hydrogen) atoms. The van der Waals surface area contributed by atoms with Gasteiger partial charge in [0.15, 0.2) is 58.2 Å². The largest absolute Gasteiger partial charge is 0.205 e. The summed E-state index contributed by atoms with van der Waals surface area (Å²) in [7, 11) is 1.49. The van der Waals surface area contributed by atoms with Crippen LogP contribution in [0.15, 0.2) is 16.7 Å². The molecule has 3 aromatic carbocycles. The van der Waals surface area contributed by atoms with Crippen LogP contribution in [0.5, 0.6) is 0 Å². The van der Waals surface area contributed by atoms with Crippen LogP contribution >= 0.6 is 9.24 Å². The second kappa shape index (κ2) is 12.3. The van der Waals surface area contributed by atoms with Crippen LogP contribution in [0.25, 0.3) is 16.7 Å². The highest BCUT2D eigenvalue weighted by Gasteiger charge is 2.46. The highest BCUT2D eigenvalue weighted by atomic mass is 31.0. The van der Waals surface area contributed by atoms with Crippen molar-refractivity contribution in [2.75, 3.05) is 0 Å². The molecule has 18 heteroatoms. The third-order valence-electron chi connectivity index (χ3n) is 6.74. The molecule has 234 valence electrons. The van der Waals surface area contributed by atoms with Gasteiger partial charge in [0, 0.05) is 22.0 Å². The second-order valence-electron chi connectivity index (χ2n) is 9.04. The van der Waals surface area contributed by atoms with E-state index in [4.69, 9.17) is 15.8 Å². The Balaban J connectivity index is 2.38. The summed E-state index contributed by atoms with van der Waals surface area (Å²) < 4.78 is 164. The molecule has 1 saturated carbocycles. The molecule has 3 aromatic rings. The van der Waals surface area contributed by atoms with Gasteiger partial charge < -0.3 is 0 Å². The molecule has 1 atom stereocenters. The number of hydrogen-bond donors (Lipinski definition) is 0. The normalized spacial score (nSPS) is 13.8. The molecule has 1 unspecified atom stereocenters. The minimum absolute atomic E-state index is 0.799. The van der Waals surface area contributed by atoms with Gasteiger partial charge in [0.25, 0.3) is 0 Å². The highest BCUT2D eigenvalue weighted by molar-refractivity contribution is 7.27. The zero-order chi connectivity index (χ0) is 36.1. The van der Waals surface area contributed by atoms with E-state index < -0.39 is 136 Å². The van der Waals surface area contributed by atoms with Gasteiger partial charge in [0.1, 0.15) is 58.9 Å². The van der Waals surface area contributed by atoms with Gasteiger partial charge in [-0.3, -0.25) is 0 Å². The maximum atomic E-state index is 15.4. The molecule has 0 radical (unpaired) electrons. The van der Waals surface area contributed by atoms with Gasteiger partial charge in [-0.15, -0.1) is 9.24 Å². The molecule has 0 heterocycles. The lowest BCUT2D eigenvalue weighted by Crippen LogP contribution is -2.14. The Labute approximate surface area is 261 Å². The summed E-state index contributed by atoms with van der Waals surface area (Å²) in [4.78, 5) is 0. The monoisotopic (exact) mass is 686 g/mol. The molecule has 0 bridgehead atoms. The van der Waals surface area contributed by atoms with E-state index in [1.165, 1.54) is 9.24 Å². The fourth-order valence-corrected chi connectivity index (χ4v) is 4.89. The zero-order valence-corrected chi connectivity index (χ0v) is 23.6. The molecular weight excluding hydrogens is 684 g/mol. The molecule has 0 saturated heterocycles. The van der Waals surface area contributed by atoms with Crippen molar-refractivity contribution < 1.29 is 48.3 Å². The standard InChI is InChI=1S/C30H2F11N6P/c31-19-10(4-45)20(32)25(37)16(24(19)36)7(1-42)13-14(8(2-43)17-26(38)21(33)11(5-46)22(34)27(17)39)15(13)9(3-44)18-28(40)23(35)12(6-47)30(48)29(18)41/h48H2. The Morgan fingerprint density at radius 3 is 0.812 bits per heavy atom. The number of halogens is 11. The molecule has 0 amide bonds. The summed E-state index contributed by atoms with van der Waals surface area (Å²) in [5.41, 5.74) is -19.5. The summed E-state index contributed by atoms with van der Waals surface area (Å²) in [5.74, 6) is -25.8.